The number of carbonyl (C=O) groups excluding carboxylic acids is 1. The maximum atomic E-state index is 11.8. The van der Waals surface area contributed by atoms with Crippen molar-refractivity contribution in [1.29, 1.82) is 0 Å². The zero-order chi connectivity index (χ0) is 18.9. The molecule has 0 bridgehead atoms. The molecule has 0 aliphatic carbocycles. The first kappa shape index (κ1) is 20.8. The maximum Gasteiger partial charge on any atom is 0.409 e. The van der Waals surface area contributed by atoms with Crippen molar-refractivity contribution < 1.29 is 14.6 Å². The molecule has 3 N–H and O–H groups in total. The number of hydrogen-bond donors (Lipinski definition) is 3. The van der Waals surface area contributed by atoms with Gasteiger partial charge in [-0.3, -0.25) is 4.99 Å². The Labute approximate surface area is 163 Å². The van der Waals surface area contributed by atoms with Gasteiger partial charge < -0.3 is 25.4 Å². The lowest BCUT2D eigenvalue weighted by Crippen LogP contribution is -2.50. The van der Waals surface area contributed by atoms with Crippen molar-refractivity contribution in [2.75, 3.05) is 32.8 Å². The number of ether oxygens (including phenoxy) is 1. The van der Waals surface area contributed by atoms with Gasteiger partial charge in [-0.1, -0.05) is 11.6 Å². The van der Waals surface area contributed by atoms with Gasteiger partial charge in [0.05, 0.1) is 17.5 Å². The standard InChI is InChI=1S/C17H27ClN4O3S/c1-3-19-16(20-11-13(23)14-5-6-15(18)26-14)21-12-7-9-22(10-8-12)17(24)25-4-2/h5-6,12-13,23H,3-4,7-11H2,1-2H3,(H2,19,20,21). The number of aliphatic imine (C=N–C) groups is 1. The highest BCUT2D eigenvalue weighted by molar-refractivity contribution is 7.16. The van der Waals surface area contributed by atoms with Crippen molar-refractivity contribution in [2.24, 2.45) is 4.99 Å². The highest BCUT2D eigenvalue weighted by Gasteiger charge is 2.24. The molecule has 1 unspecified atom stereocenters. The van der Waals surface area contributed by atoms with E-state index in [1.165, 1.54) is 11.3 Å². The topological polar surface area (TPSA) is 86.2 Å². The van der Waals surface area contributed by atoms with Gasteiger partial charge in [-0.2, -0.15) is 0 Å². The van der Waals surface area contributed by atoms with E-state index in [0.717, 1.165) is 24.3 Å². The van der Waals surface area contributed by atoms with Crippen LogP contribution in [0.4, 0.5) is 4.79 Å². The van der Waals surface area contributed by atoms with E-state index in [1.54, 1.807) is 11.0 Å². The van der Waals surface area contributed by atoms with Gasteiger partial charge >= 0.3 is 6.09 Å². The summed E-state index contributed by atoms with van der Waals surface area (Å²) in [5.41, 5.74) is 0. The smallest absolute Gasteiger partial charge is 0.409 e. The first-order valence-corrected chi connectivity index (χ1v) is 10.1. The SMILES string of the molecule is CCNC(=NCC(O)c1ccc(Cl)s1)NC1CCN(C(=O)OCC)CC1. The number of nitrogens with zero attached hydrogens (tertiary/aromatic N) is 2. The monoisotopic (exact) mass is 402 g/mol. The van der Waals surface area contributed by atoms with Crippen molar-refractivity contribution in [2.45, 2.75) is 38.8 Å². The number of piperidine rings is 1. The van der Waals surface area contributed by atoms with Crippen LogP contribution in [-0.4, -0.2) is 60.9 Å². The number of nitrogens with one attached hydrogen (secondary N) is 2. The molecule has 0 aromatic carbocycles. The van der Waals surface area contributed by atoms with Gasteiger partial charge in [0.1, 0.15) is 6.10 Å². The van der Waals surface area contributed by atoms with E-state index in [2.05, 4.69) is 15.6 Å². The quantitative estimate of drug-likeness (QED) is 0.503. The number of likely N-dealkylation sites (tertiary alicyclic amines) is 1. The number of hydrogen-bond acceptors (Lipinski definition) is 5. The van der Waals surface area contributed by atoms with Gasteiger partial charge in [-0.25, -0.2) is 4.79 Å². The molecular formula is C17H27ClN4O3S. The van der Waals surface area contributed by atoms with Crippen LogP contribution in [-0.2, 0) is 4.74 Å². The molecule has 0 spiro atoms. The summed E-state index contributed by atoms with van der Waals surface area (Å²) in [6.45, 7) is 6.51. The van der Waals surface area contributed by atoms with E-state index in [9.17, 15) is 9.90 Å². The first-order valence-electron chi connectivity index (χ1n) is 8.93. The third kappa shape index (κ3) is 6.34. The lowest BCUT2D eigenvalue weighted by atomic mass is 10.1. The number of halogens is 1. The fraction of sp³-hybridized carbons (Fsp3) is 0.647. The van der Waals surface area contributed by atoms with Crippen LogP contribution in [0.1, 0.15) is 37.7 Å². The summed E-state index contributed by atoms with van der Waals surface area (Å²) in [6, 6.07) is 3.82. The maximum absolute atomic E-state index is 11.8. The summed E-state index contributed by atoms with van der Waals surface area (Å²) in [5, 5.41) is 16.8. The van der Waals surface area contributed by atoms with Crippen molar-refractivity contribution in [1.82, 2.24) is 15.5 Å². The van der Waals surface area contributed by atoms with E-state index in [1.807, 2.05) is 19.9 Å². The number of aliphatic hydroxyl groups is 1. The average Bonchev–Trinajstić information content (AvgIpc) is 3.07. The Morgan fingerprint density at radius 2 is 2.19 bits per heavy atom. The van der Waals surface area contributed by atoms with Crippen LogP contribution in [0.5, 0.6) is 0 Å². The highest BCUT2D eigenvalue weighted by atomic mass is 35.5. The van der Waals surface area contributed by atoms with Crippen molar-refractivity contribution >= 4 is 35.0 Å². The summed E-state index contributed by atoms with van der Waals surface area (Å²) in [5.74, 6) is 0.670. The lowest BCUT2D eigenvalue weighted by molar-refractivity contribution is 0.0963. The van der Waals surface area contributed by atoms with Gasteiger partial charge in [-0.05, 0) is 38.8 Å². The molecule has 1 aromatic heterocycles. The molecular weight excluding hydrogens is 376 g/mol. The molecule has 1 fully saturated rings. The van der Waals surface area contributed by atoms with Crippen LogP contribution in [0, 0.1) is 0 Å². The van der Waals surface area contributed by atoms with Crippen LogP contribution >= 0.6 is 22.9 Å². The molecule has 1 atom stereocenters. The van der Waals surface area contributed by atoms with Crippen LogP contribution in [0.3, 0.4) is 0 Å². The molecule has 2 rings (SSSR count). The van der Waals surface area contributed by atoms with Gasteiger partial charge in [0.2, 0.25) is 0 Å². The van der Waals surface area contributed by atoms with Gasteiger partial charge in [0, 0.05) is 30.6 Å². The van der Waals surface area contributed by atoms with E-state index < -0.39 is 6.10 Å². The third-order valence-electron chi connectivity index (χ3n) is 4.05. The number of guanidine groups is 1. The van der Waals surface area contributed by atoms with Gasteiger partial charge in [0.15, 0.2) is 5.96 Å². The second kappa shape index (κ2) is 10.6. The Hall–Kier alpha value is -1.51. The fourth-order valence-electron chi connectivity index (χ4n) is 2.71. The van der Waals surface area contributed by atoms with Gasteiger partial charge in [-0.15, -0.1) is 11.3 Å². The normalized spacial score (nSPS) is 17.1. The number of thiophene rings is 1. The third-order valence-corrected chi connectivity index (χ3v) is 5.38. The Morgan fingerprint density at radius 3 is 2.77 bits per heavy atom. The Kier molecular flexibility index (Phi) is 8.47. The summed E-state index contributed by atoms with van der Waals surface area (Å²) in [6.07, 6.45) is 0.733. The molecule has 0 radical (unpaired) electrons. The minimum atomic E-state index is -0.673. The van der Waals surface area contributed by atoms with Crippen LogP contribution in [0.25, 0.3) is 0 Å². The minimum absolute atomic E-state index is 0.229. The Bertz CT molecular complexity index is 603. The molecule has 1 aromatic rings. The molecule has 1 aliphatic heterocycles. The first-order chi connectivity index (χ1) is 12.5. The summed E-state index contributed by atoms with van der Waals surface area (Å²) < 4.78 is 5.69. The number of amides is 1. The van der Waals surface area contributed by atoms with Crippen molar-refractivity contribution in [3.05, 3.63) is 21.3 Å². The Morgan fingerprint density at radius 1 is 1.46 bits per heavy atom. The van der Waals surface area contributed by atoms with E-state index in [-0.39, 0.29) is 18.7 Å². The fourth-order valence-corrected chi connectivity index (χ4v) is 3.75. The zero-order valence-electron chi connectivity index (χ0n) is 15.2. The second-order valence-corrected chi connectivity index (χ2v) is 7.73. The summed E-state index contributed by atoms with van der Waals surface area (Å²) in [4.78, 5) is 18.8. The van der Waals surface area contributed by atoms with E-state index >= 15 is 0 Å². The number of aliphatic hydroxyl groups excluding tert-OH is 1. The average molecular weight is 403 g/mol. The lowest BCUT2D eigenvalue weighted by Gasteiger charge is -2.32. The molecule has 2 heterocycles. The number of carbonyl (C=O) groups is 1. The molecule has 146 valence electrons. The molecule has 7 nitrogen and oxygen atoms in total. The molecule has 1 aliphatic rings. The summed E-state index contributed by atoms with van der Waals surface area (Å²) in [7, 11) is 0. The van der Waals surface area contributed by atoms with Crippen molar-refractivity contribution in [3.63, 3.8) is 0 Å². The van der Waals surface area contributed by atoms with Crippen LogP contribution < -0.4 is 10.6 Å². The second-order valence-electron chi connectivity index (χ2n) is 5.98. The Balaban J connectivity index is 1.85. The van der Waals surface area contributed by atoms with Crippen LogP contribution in [0.2, 0.25) is 4.34 Å². The largest absolute Gasteiger partial charge is 0.450 e. The molecule has 9 heteroatoms. The number of rotatable bonds is 6. The predicted octanol–water partition coefficient (Wildman–Crippen LogP) is 2.61. The molecule has 1 amide bonds. The zero-order valence-corrected chi connectivity index (χ0v) is 16.8. The summed E-state index contributed by atoms with van der Waals surface area (Å²) >= 11 is 7.27. The van der Waals surface area contributed by atoms with Crippen molar-refractivity contribution in [3.8, 4) is 0 Å². The van der Waals surface area contributed by atoms with Crippen LogP contribution in [0.15, 0.2) is 17.1 Å². The molecule has 1 saturated heterocycles. The molecule has 0 saturated carbocycles. The van der Waals surface area contributed by atoms with E-state index in [0.29, 0.717) is 30.0 Å². The highest BCUT2D eigenvalue weighted by Crippen LogP contribution is 2.26. The van der Waals surface area contributed by atoms with Gasteiger partial charge in [0.25, 0.3) is 0 Å². The molecule has 26 heavy (non-hydrogen) atoms. The minimum Gasteiger partial charge on any atom is -0.450 e. The van der Waals surface area contributed by atoms with E-state index in [4.69, 9.17) is 16.3 Å². The predicted molar refractivity (Wildman–Crippen MR) is 105 cm³/mol.